The monoisotopic (exact) mass is 1520 g/mol. The van der Waals surface area contributed by atoms with Crippen molar-refractivity contribution < 1.29 is 0 Å². The molecule has 20 nitrogen and oxygen atoms in total. The minimum atomic E-state index is 0.727. The summed E-state index contributed by atoms with van der Waals surface area (Å²) in [6.07, 6.45) is 21.0. The van der Waals surface area contributed by atoms with Crippen LogP contribution >= 0.6 is 0 Å². The number of rotatable bonds is 0. The van der Waals surface area contributed by atoms with Crippen molar-refractivity contribution in [2.75, 3.05) is 0 Å². The van der Waals surface area contributed by atoms with E-state index in [1.807, 2.05) is 370 Å². The topological polar surface area (TPSA) is 258 Å². The lowest BCUT2D eigenvalue weighted by atomic mass is 10.2. The van der Waals surface area contributed by atoms with Crippen LogP contribution in [0.1, 0.15) is 277 Å². The molecule has 0 saturated heterocycles. The Morgan fingerprint density at radius 2 is 0.455 bits per heavy atom. The van der Waals surface area contributed by atoms with Crippen LogP contribution in [0.3, 0.4) is 0 Å². The second kappa shape index (κ2) is 95.1. The minimum absolute atomic E-state index is 0.727. The molecule has 0 spiro atoms. The largest absolute Gasteiger partial charge is 0.264 e. The van der Waals surface area contributed by atoms with Crippen molar-refractivity contribution in [1.29, 1.82) is 0 Å². The molecule has 0 saturated carbocycles. The van der Waals surface area contributed by atoms with E-state index in [0.717, 1.165) is 103 Å². The third-order valence-corrected chi connectivity index (χ3v) is 10.3. The standard InChI is InChI=1S/4C7H9N.5C6H8N2.2C5H7N3.11C2H6/c1-6-3-7(2)5-8-4-6;2*1-6-3-4-8-7(2)5-6;1-6-4-3-5-7(2)8-6;1-5-3-7-4-6(2)8-5;2*1-5-3-6(2)8-7-4-5;2*1-5-3-4-7-6(2)8-5;1-4-6-3-7-5(2)8-4;1-4-3-6-8-5(2)7-4;11*1-2/h4*3-5H,1-2H3;5*3-4H,1-2H3;2*3H,1-2H3;11*1-2H3. The summed E-state index contributed by atoms with van der Waals surface area (Å²) in [5.74, 6) is 3.95. The summed E-state index contributed by atoms with van der Waals surface area (Å²) in [6, 6.07) is 23.9. The Kier molecular flexibility index (Phi) is 107. The van der Waals surface area contributed by atoms with Gasteiger partial charge < -0.3 is 0 Å². The highest BCUT2D eigenvalue weighted by molar-refractivity contribution is 5.16. The van der Waals surface area contributed by atoms with Crippen LogP contribution in [0.2, 0.25) is 0 Å². The second-order valence-corrected chi connectivity index (χ2v) is 20.2. The van der Waals surface area contributed by atoms with Crippen LogP contribution in [0.25, 0.3) is 0 Å². The fraction of sp³-hybridized carbons (Fsp3) is 0.489. The average Bonchev–Trinajstić information content (AvgIpc) is 1.21. The van der Waals surface area contributed by atoms with E-state index in [2.05, 4.69) is 132 Å². The van der Waals surface area contributed by atoms with Gasteiger partial charge in [0, 0.05) is 83.7 Å². The summed E-state index contributed by atoms with van der Waals surface area (Å²) in [5.41, 5.74) is 18.6. The van der Waals surface area contributed by atoms with E-state index >= 15 is 0 Å². The van der Waals surface area contributed by atoms with E-state index in [4.69, 9.17) is 0 Å². The Morgan fingerprint density at radius 1 is 0.182 bits per heavy atom. The third kappa shape index (κ3) is 92.2. The highest BCUT2D eigenvalue weighted by Gasteiger charge is 1.91. The van der Waals surface area contributed by atoms with E-state index < -0.39 is 0 Å². The zero-order valence-electron chi connectivity index (χ0n) is 77.8. The molecule has 0 N–H and O–H groups in total. The lowest BCUT2D eigenvalue weighted by Gasteiger charge is -1.90. The molecule has 11 aromatic rings. The van der Waals surface area contributed by atoms with Crippen molar-refractivity contribution in [2.45, 2.75) is 305 Å². The van der Waals surface area contributed by atoms with Gasteiger partial charge in [-0.2, -0.15) is 25.5 Å². The molecule has 11 rings (SSSR count). The number of nitrogens with zero attached hydrogens (tertiary/aromatic N) is 20. The zero-order chi connectivity index (χ0) is 87.8. The summed E-state index contributed by atoms with van der Waals surface area (Å²) in [4.78, 5) is 55.8. The van der Waals surface area contributed by atoms with E-state index in [1.54, 1.807) is 43.4 Å². The van der Waals surface area contributed by atoms with Crippen LogP contribution in [0.4, 0.5) is 0 Å². The van der Waals surface area contributed by atoms with Gasteiger partial charge in [0.15, 0.2) is 0 Å². The summed E-state index contributed by atoms with van der Waals surface area (Å²) < 4.78 is 0. The van der Waals surface area contributed by atoms with E-state index in [1.165, 1.54) is 28.6 Å². The van der Waals surface area contributed by atoms with E-state index in [0.29, 0.717) is 0 Å². The molecular formula is C90H156N20. The molecule has 110 heavy (non-hydrogen) atoms. The van der Waals surface area contributed by atoms with Crippen LogP contribution in [0.15, 0.2) is 147 Å². The van der Waals surface area contributed by atoms with Crippen molar-refractivity contribution in [3.8, 4) is 0 Å². The molecule has 0 amide bonds. The number of aromatic nitrogens is 20. The zero-order valence-corrected chi connectivity index (χ0v) is 77.8. The van der Waals surface area contributed by atoms with Gasteiger partial charge in [-0.1, -0.05) is 164 Å². The van der Waals surface area contributed by atoms with Gasteiger partial charge in [0.25, 0.3) is 0 Å². The number of hydrogen-bond donors (Lipinski definition) is 0. The molecule has 0 aromatic carbocycles. The third-order valence-electron chi connectivity index (χ3n) is 10.3. The van der Waals surface area contributed by atoms with Crippen LogP contribution in [0.5, 0.6) is 0 Å². The summed E-state index contributed by atoms with van der Waals surface area (Å²) >= 11 is 0. The first-order valence-electron chi connectivity index (χ1n) is 39.3. The molecule has 0 aliphatic carbocycles. The maximum atomic E-state index is 4.17. The van der Waals surface area contributed by atoms with Crippen molar-refractivity contribution in [2.24, 2.45) is 0 Å². The average molecular weight is 1520 g/mol. The molecule has 0 atom stereocenters. The molecule has 0 radical (unpaired) electrons. The normalized spacial score (nSPS) is 8.00. The van der Waals surface area contributed by atoms with Gasteiger partial charge in [-0.15, -0.1) is 5.10 Å². The molecule has 11 aromatic heterocycles. The van der Waals surface area contributed by atoms with Crippen molar-refractivity contribution >= 4 is 0 Å². The maximum absolute atomic E-state index is 4.17. The van der Waals surface area contributed by atoms with E-state index in [-0.39, 0.29) is 0 Å². The summed E-state index contributed by atoms with van der Waals surface area (Å²) in [7, 11) is 0. The van der Waals surface area contributed by atoms with Crippen molar-refractivity contribution in [1.82, 2.24) is 100 Å². The molecule has 11 heterocycles. The molecule has 0 bridgehead atoms. The number of hydrogen-bond acceptors (Lipinski definition) is 20. The highest BCUT2D eigenvalue weighted by atomic mass is 15.1. The maximum Gasteiger partial charge on any atom is 0.148 e. The Morgan fingerprint density at radius 3 is 0.636 bits per heavy atom. The van der Waals surface area contributed by atoms with Gasteiger partial charge in [-0.05, 0) is 246 Å². The molecule has 0 aliphatic heterocycles. The fourth-order valence-electron chi connectivity index (χ4n) is 6.70. The first-order chi connectivity index (χ1) is 52.7. The predicted molar refractivity (Wildman–Crippen MR) is 476 cm³/mol. The Labute approximate surface area is 673 Å². The minimum Gasteiger partial charge on any atom is -0.264 e. The molecule has 0 fully saturated rings. The summed E-state index contributed by atoms with van der Waals surface area (Å²) in [6.45, 7) is 87.0. The van der Waals surface area contributed by atoms with Gasteiger partial charge in [-0.3, -0.25) is 29.9 Å². The SMILES string of the molecule is CC.CC.CC.CC.CC.CC.CC.CC.CC.CC.CC.Cc1cccc(C)n1.Cc1ccnc(C)c1.Cc1ccnc(C)c1.Cc1ccnc(C)n1.Cc1ccnc(C)n1.Cc1cncc(C)c1.Cc1cncc(C)n1.Cc1cnnc(C)c1.Cc1cnnc(C)c1.Cc1cnnc(C)n1.Cc1ncnc(C)n1. The Balaban J connectivity index is -0.000000106. The second-order valence-electron chi connectivity index (χ2n) is 20.2. The van der Waals surface area contributed by atoms with Gasteiger partial charge in [0.1, 0.15) is 35.4 Å². The van der Waals surface area contributed by atoms with E-state index in [9.17, 15) is 0 Å². The van der Waals surface area contributed by atoms with Crippen molar-refractivity contribution in [3.05, 3.63) is 272 Å². The quantitative estimate of drug-likeness (QED) is 0.137. The first-order valence-corrected chi connectivity index (χ1v) is 39.3. The summed E-state index contributed by atoms with van der Waals surface area (Å²) in [5, 5.41) is 22.4. The van der Waals surface area contributed by atoms with Crippen LogP contribution < -0.4 is 0 Å². The molecule has 0 unspecified atom stereocenters. The Bertz CT molecular complexity index is 2660. The number of pyridine rings is 4. The molecule has 20 heteroatoms. The van der Waals surface area contributed by atoms with Crippen LogP contribution in [0, 0.1) is 152 Å². The smallest absolute Gasteiger partial charge is 0.148 e. The first kappa shape index (κ1) is 124. The van der Waals surface area contributed by atoms with Gasteiger partial charge >= 0.3 is 0 Å². The highest BCUT2D eigenvalue weighted by Crippen LogP contribution is 2.00. The molecule has 616 valence electrons. The lowest BCUT2D eigenvalue weighted by Crippen LogP contribution is -1.91. The Hall–Kier alpha value is -9.98. The van der Waals surface area contributed by atoms with Crippen LogP contribution in [-0.2, 0) is 0 Å². The van der Waals surface area contributed by atoms with Gasteiger partial charge in [0.2, 0.25) is 0 Å². The number of aryl methyl sites for hydroxylation is 22. The predicted octanol–water partition coefficient (Wildman–Crippen LogP) is 24.5. The van der Waals surface area contributed by atoms with Gasteiger partial charge in [-0.25, -0.2) is 39.9 Å². The fourth-order valence-corrected chi connectivity index (χ4v) is 6.70. The molecular weight excluding hydrogens is 1360 g/mol. The van der Waals surface area contributed by atoms with Crippen molar-refractivity contribution in [3.63, 3.8) is 0 Å². The molecule has 0 aliphatic rings. The van der Waals surface area contributed by atoms with Gasteiger partial charge in [0.05, 0.1) is 47.1 Å². The van der Waals surface area contributed by atoms with Crippen LogP contribution in [-0.4, -0.2) is 100 Å². The lowest BCUT2D eigenvalue weighted by molar-refractivity contribution is 0.882.